The van der Waals surface area contributed by atoms with E-state index in [-0.39, 0.29) is 23.3 Å². The summed E-state index contributed by atoms with van der Waals surface area (Å²) in [6.45, 7) is 2.11. The fourth-order valence-corrected chi connectivity index (χ4v) is 4.94. The molecule has 0 saturated carbocycles. The molecule has 1 N–H and O–H groups in total. The first-order chi connectivity index (χ1) is 14.0. The van der Waals surface area contributed by atoms with Crippen LogP contribution in [-0.4, -0.2) is 51.6 Å². The zero-order chi connectivity index (χ0) is 20.3. The molecule has 0 radical (unpaired) electrons. The third-order valence-electron chi connectivity index (χ3n) is 5.18. The number of fused-ring (bicyclic) bond motifs is 1. The third kappa shape index (κ3) is 4.71. The fraction of sp³-hybridized carbons (Fsp3) is 0.381. The number of sulfonamides is 1. The zero-order valence-electron chi connectivity index (χ0n) is 16.0. The van der Waals surface area contributed by atoms with Crippen LogP contribution in [0.5, 0.6) is 11.5 Å². The van der Waals surface area contributed by atoms with Gasteiger partial charge in [-0.05, 0) is 42.7 Å². The van der Waals surface area contributed by atoms with Gasteiger partial charge in [0.25, 0.3) is 0 Å². The molecule has 2 aliphatic heterocycles. The Labute approximate surface area is 170 Å². The summed E-state index contributed by atoms with van der Waals surface area (Å²) in [7, 11) is -3.53. The normalized spacial score (nSPS) is 17.2. The molecule has 4 rings (SSSR count). The van der Waals surface area contributed by atoms with Crippen LogP contribution < -0.4 is 14.2 Å². The minimum Gasteiger partial charge on any atom is -0.486 e. The number of ether oxygens (including phenoxy) is 2. The van der Waals surface area contributed by atoms with Gasteiger partial charge in [0, 0.05) is 19.1 Å². The molecule has 2 heterocycles. The summed E-state index contributed by atoms with van der Waals surface area (Å²) in [5, 5.41) is 0. The van der Waals surface area contributed by atoms with Crippen molar-refractivity contribution in [2.24, 2.45) is 0 Å². The maximum atomic E-state index is 12.7. The number of likely N-dealkylation sites (tertiary alicyclic amines) is 1. The molecular formula is C21H24N2O5S. The van der Waals surface area contributed by atoms with Gasteiger partial charge >= 0.3 is 0 Å². The van der Waals surface area contributed by atoms with Gasteiger partial charge in [0.2, 0.25) is 15.9 Å². The van der Waals surface area contributed by atoms with Crippen LogP contribution in [0.4, 0.5) is 0 Å². The van der Waals surface area contributed by atoms with Gasteiger partial charge in [-0.3, -0.25) is 4.79 Å². The molecule has 2 aliphatic rings. The minimum atomic E-state index is -3.53. The Balaban J connectivity index is 1.31. The Morgan fingerprint density at radius 3 is 2.41 bits per heavy atom. The molecule has 0 unspecified atom stereocenters. The number of carbonyl (C=O) groups excluding carboxylic acids is 1. The van der Waals surface area contributed by atoms with Crippen molar-refractivity contribution in [1.29, 1.82) is 0 Å². The van der Waals surface area contributed by atoms with Crippen LogP contribution in [0, 0.1) is 0 Å². The topological polar surface area (TPSA) is 84.9 Å². The molecule has 0 bridgehead atoms. The quantitative estimate of drug-likeness (QED) is 0.806. The van der Waals surface area contributed by atoms with Crippen molar-refractivity contribution in [3.8, 4) is 11.5 Å². The molecule has 0 atom stereocenters. The number of rotatable bonds is 5. The average molecular weight is 416 g/mol. The second-order valence-corrected chi connectivity index (χ2v) is 8.96. The molecule has 1 saturated heterocycles. The van der Waals surface area contributed by atoms with Gasteiger partial charge < -0.3 is 14.4 Å². The minimum absolute atomic E-state index is 0.0334. The van der Waals surface area contributed by atoms with Crippen LogP contribution in [-0.2, 0) is 21.2 Å². The first kappa shape index (κ1) is 19.7. The maximum Gasteiger partial charge on any atom is 0.240 e. The van der Waals surface area contributed by atoms with E-state index in [9.17, 15) is 13.2 Å². The van der Waals surface area contributed by atoms with Gasteiger partial charge in [-0.15, -0.1) is 0 Å². The van der Waals surface area contributed by atoms with Crippen LogP contribution >= 0.6 is 0 Å². The largest absolute Gasteiger partial charge is 0.486 e. The molecular weight excluding hydrogens is 392 g/mol. The molecule has 1 amide bonds. The maximum absolute atomic E-state index is 12.7. The third-order valence-corrected chi connectivity index (χ3v) is 6.72. The van der Waals surface area contributed by atoms with E-state index in [1.54, 1.807) is 35.2 Å². The SMILES string of the molecule is O=C(Cc1ccc2c(c1)OCCO2)N1CCC(NS(=O)(=O)c2ccccc2)CC1. The van der Waals surface area contributed by atoms with Crippen molar-refractivity contribution in [2.75, 3.05) is 26.3 Å². The summed E-state index contributed by atoms with van der Waals surface area (Å²) in [5.41, 5.74) is 0.881. The van der Waals surface area contributed by atoms with Crippen LogP contribution in [0.15, 0.2) is 53.4 Å². The highest BCUT2D eigenvalue weighted by molar-refractivity contribution is 7.89. The van der Waals surface area contributed by atoms with Crippen LogP contribution in [0.2, 0.25) is 0 Å². The zero-order valence-corrected chi connectivity index (χ0v) is 16.9. The van der Waals surface area contributed by atoms with Crippen LogP contribution in [0.25, 0.3) is 0 Å². The van der Waals surface area contributed by atoms with E-state index in [0.29, 0.717) is 50.6 Å². The lowest BCUT2D eigenvalue weighted by atomic mass is 10.0. The van der Waals surface area contributed by atoms with Crippen molar-refractivity contribution in [1.82, 2.24) is 9.62 Å². The lowest BCUT2D eigenvalue weighted by molar-refractivity contribution is -0.131. The fourth-order valence-electron chi connectivity index (χ4n) is 3.62. The van der Waals surface area contributed by atoms with E-state index in [1.165, 1.54) is 0 Å². The first-order valence-corrected chi connectivity index (χ1v) is 11.2. The van der Waals surface area contributed by atoms with Gasteiger partial charge in [-0.25, -0.2) is 13.1 Å². The van der Waals surface area contributed by atoms with E-state index in [0.717, 1.165) is 5.56 Å². The van der Waals surface area contributed by atoms with E-state index in [2.05, 4.69) is 4.72 Å². The average Bonchev–Trinajstić information content (AvgIpc) is 2.74. The number of hydrogen-bond acceptors (Lipinski definition) is 5. The molecule has 2 aromatic carbocycles. The smallest absolute Gasteiger partial charge is 0.240 e. The Morgan fingerprint density at radius 2 is 1.69 bits per heavy atom. The second-order valence-electron chi connectivity index (χ2n) is 7.24. The standard InChI is InChI=1S/C21H24N2O5S/c24-21(15-16-6-7-19-20(14-16)28-13-12-27-19)23-10-8-17(9-11-23)22-29(25,26)18-4-2-1-3-5-18/h1-7,14,17,22H,8-13,15H2. The highest BCUT2D eigenvalue weighted by Gasteiger charge is 2.27. The number of nitrogens with one attached hydrogen (secondary N) is 1. The highest BCUT2D eigenvalue weighted by Crippen LogP contribution is 2.31. The summed E-state index contributed by atoms with van der Waals surface area (Å²) >= 11 is 0. The van der Waals surface area contributed by atoms with Gasteiger partial charge in [-0.1, -0.05) is 24.3 Å². The molecule has 2 aromatic rings. The first-order valence-electron chi connectivity index (χ1n) is 9.75. The van der Waals surface area contributed by atoms with E-state index >= 15 is 0 Å². The lowest BCUT2D eigenvalue weighted by Gasteiger charge is -2.32. The van der Waals surface area contributed by atoms with Gasteiger partial charge in [0.05, 0.1) is 11.3 Å². The van der Waals surface area contributed by atoms with Crippen LogP contribution in [0.3, 0.4) is 0 Å². The predicted octanol–water partition coefficient (Wildman–Crippen LogP) is 1.97. The summed E-state index contributed by atoms with van der Waals surface area (Å²) < 4.78 is 38.8. The van der Waals surface area contributed by atoms with Gasteiger partial charge in [-0.2, -0.15) is 0 Å². The number of benzene rings is 2. The molecule has 1 fully saturated rings. The van der Waals surface area contributed by atoms with Crippen molar-refractivity contribution in [3.63, 3.8) is 0 Å². The van der Waals surface area contributed by atoms with Gasteiger partial charge in [0.15, 0.2) is 11.5 Å². The molecule has 0 aliphatic carbocycles. The van der Waals surface area contributed by atoms with Crippen molar-refractivity contribution in [2.45, 2.75) is 30.2 Å². The molecule has 29 heavy (non-hydrogen) atoms. The summed E-state index contributed by atoms with van der Waals surface area (Å²) in [6, 6.07) is 13.7. The molecule has 0 spiro atoms. The number of hydrogen-bond donors (Lipinski definition) is 1. The Morgan fingerprint density at radius 1 is 1.00 bits per heavy atom. The van der Waals surface area contributed by atoms with Crippen molar-refractivity contribution in [3.05, 3.63) is 54.1 Å². The number of piperidine rings is 1. The van der Waals surface area contributed by atoms with E-state index < -0.39 is 10.0 Å². The van der Waals surface area contributed by atoms with E-state index in [4.69, 9.17) is 9.47 Å². The van der Waals surface area contributed by atoms with Crippen molar-refractivity contribution >= 4 is 15.9 Å². The van der Waals surface area contributed by atoms with Gasteiger partial charge in [0.1, 0.15) is 13.2 Å². The van der Waals surface area contributed by atoms with E-state index in [1.807, 2.05) is 18.2 Å². The molecule has 7 nitrogen and oxygen atoms in total. The molecule has 8 heteroatoms. The number of amides is 1. The number of nitrogens with zero attached hydrogens (tertiary/aromatic N) is 1. The second kappa shape index (κ2) is 8.42. The van der Waals surface area contributed by atoms with Crippen molar-refractivity contribution < 1.29 is 22.7 Å². The summed E-state index contributed by atoms with van der Waals surface area (Å²) in [6.07, 6.45) is 1.48. The molecule has 0 aromatic heterocycles. The van der Waals surface area contributed by atoms with Crippen LogP contribution in [0.1, 0.15) is 18.4 Å². The highest BCUT2D eigenvalue weighted by atomic mass is 32.2. The predicted molar refractivity (Wildman–Crippen MR) is 108 cm³/mol. The lowest BCUT2D eigenvalue weighted by Crippen LogP contribution is -2.46. The molecule has 154 valence electrons. The Kier molecular flexibility index (Phi) is 5.73. The number of carbonyl (C=O) groups is 1. The Hall–Kier alpha value is -2.58. The monoisotopic (exact) mass is 416 g/mol. The Bertz CT molecular complexity index is 970. The summed E-state index contributed by atoms with van der Waals surface area (Å²) in [4.78, 5) is 14.7. The summed E-state index contributed by atoms with van der Waals surface area (Å²) in [5.74, 6) is 1.42.